The van der Waals surface area contributed by atoms with E-state index in [2.05, 4.69) is 16.9 Å². The highest BCUT2D eigenvalue weighted by Gasteiger charge is 2.07. The van der Waals surface area contributed by atoms with Gasteiger partial charge in [0.2, 0.25) is 0 Å². The Hall–Kier alpha value is -1.51. The number of hydrogen-bond donors (Lipinski definition) is 0. The lowest BCUT2D eigenvalue weighted by atomic mass is 10.0. The van der Waals surface area contributed by atoms with Crippen LogP contribution in [0.2, 0.25) is 0 Å². The Labute approximate surface area is 96.4 Å². The molecule has 0 aromatic heterocycles. The molecule has 0 radical (unpaired) electrons. The number of rotatable bonds is 4. The first kappa shape index (κ1) is 12.6. The second-order valence-corrected chi connectivity index (χ2v) is 3.84. The van der Waals surface area contributed by atoms with E-state index in [1.165, 1.54) is 7.11 Å². The molecule has 1 aromatic carbocycles. The number of carbonyl (C=O) groups excluding carboxylic acids is 1. The Morgan fingerprint density at radius 1 is 1.19 bits per heavy atom. The summed E-state index contributed by atoms with van der Waals surface area (Å²) in [5, 5.41) is 0. The Balaban J connectivity index is 2.79. The molecule has 0 aliphatic rings. The van der Waals surface area contributed by atoms with Gasteiger partial charge >= 0.3 is 5.97 Å². The van der Waals surface area contributed by atoms with Crippen LogP contribution < -0.4 is 4.74 Å². The Bertz CT molecular complexity index is 360. The van der Waals surface area contributed by atoms with Gasteiger partial charge in [-0.3, -0.25) is 4.79 Å². The van der Waals surface area contributed by atoms with Crippen molar-refractivity contribution in [3.63, 3.8) is 0 Å². The largest absolute Gasteiger partial charge is 0.496 e. The van der Waals surface area contributed by atoms with Crippen molar-refractivity contribution in [3.05, 3.63) is 28.8 Å². The quantitative estimate of drug-likeness (QED) is 0.734. The summed E-state index contributed by atoms with van der Waals surface area (Å²) in [4.78, 5) is 11.0. The van der Waals surface area contributed by atoms with Crippen LogP contribution in [0.4, 0.5) is 0 Å². The van der Waals surface area contributed by atoms with Gasteiger partial charge in [-0.25, -0.2) is 0 Å². The molecule has 16 heavy (non-hydrogen) atoms. The average Bonchev–Trinajstić information content (AvgIpc) is 2.25. The van der Waals surface area contributed by atoms with Gasteiger partial charge in [0, 0.05) is 6.42 Å². The molecular formula is C13H18O3. The van der Waals surface area contributed by atoms with Crippen molar-refractivity contribution in [2.24, 2.45) is 0 Å². The summed E-state index contributed by atoms with van der Waals surface area (Å²) in [6.45, 7) is 4.01. The van der Waals surface area contributed by atoms with Gasteiger partial charge in [0.1, 0.15) is 5.75 Å². The summed E-state index contributed by atoms with van der Waals surface area (Å²) in [7, 11) is 3.08. The van der Waals surface area contributed by atoms with Gasteiger partial charge in [0.25, 0.3) is 0 Å². The third-order valence-electron chi connectivity index (χ3n) is 2.57. The maximum atomic E-state index is 11.0. The Morgan fingerprint density at radius 3 is 2.19 bits per heavy atom. The van der Waals surface area contributed by atoms with Crippen LogP contribution in [-0.4, -0.2) is 20.2 Å². The Morgan fingerprint density at radius 2 is 1.75 bits per heavy atom. The zero-order valence-corrected chi connectivity index (χ0v) is 10.3. The third kappa shape index (κ3) is 2.99. The van der Waals surface area contributed by atoms with Crippen molar-refractivity contribution in [2.45, 2.75) is 26.7 Å². The zero-order chi connectivity index (χ0) is 12.1. The summed E-state index contributed by atoms with van der Waals surface area (Å²) < 4.78 is 9.90. The fraction of sp³-hybridized carbons (Fsp3) is 0.462. The maximum Gasteiger partial charge on any atom is 0.305 e. The molecule has 88 valence electrons. The van der Waals surface area contributed by atoms with Gasteiger partial charge < -0.3 is 9.47 Å². The first-order valence-electron chi connectivity index (χ1n) is 5.29. The predicted octanol–water partition coefficient (Wildman–Crippen LogP) is 2.42. The van der Waals surface area contributed by atoms with Crippen molar-refractivity contribution in [1.29, 1.82) is 0 Å². The predicted molar refractivity (Wildman–Crippen MR) is 62.8 cm³/mol. The maximum absolute atomic E-state index is 11.0. The highest BCUT2D eigenvalue weighted by molar-refractivity contribution is 5.69. The number of hydrogen-bond acceptors (Lipinski definition) is 3. The minimum atomic E-state index is -0.175. The summed E-state index contributed by atoms with van der Waals surface area (Å²) in [5.74, 6) is 0.743. The molecule has 0 fully saturated rings. The third-order valence-corrected chi connectivity index (χ3v) is 2.57. The fourth-order valence-corrected chi connectivity index (χ4v) is 1.85. The summed E-state index contributed by atoms with van der Waals surface area (Å²) >= 11 is 0. The molecule has 0 amide bonds. The van der Waals surface area contributed by atoms with Crippen LogP contribution in [0.1, 0.15) is 23.1 Å². The number of benzene rings is 1. The Kier molecular flexibility index (Phi) is 4.35. The van der Waals surface area contributed by atoms with E-state index < -0.39 is 0 Å². The first-order valence-corrected chi connectivity index (χ1v) is 5.29. The molecule has 0 N–H and O–H groups in total. The van der Waals surface area contributed by atoms with Gasteiger partial charge in [0.05, 0.1) is 14.2 Å². The van der Waals surface area contributed by atoms with Crippen LogP contribution in [0.3, 0.4) is 0 Å². The van der Waals surface area contributed by atoms with Crippen LogP contribution in [-0.2, 0) is 16.0 Å². The lowest BCUT2D eigenvalue weighted by Gasteiger charge is -2.10. The van der Waals surface area contributed by atoms with E-state index >= 15 is 0 Å². The number of aryl methyl sites for hydroxylation is 3. The van der Waals surface area contributed by atoms with Crippen LogP contribution in [0.25, 0.3) is 0 Å². The molecule has 3 heteroatoms. The standard InChI is InChI=1S/C13H18O3/c1-9-7-11(5-6-12(14)15-3)8-10(2)13(9)16-4/h7-8H,5-6H2,1-4H3. The molecule has 0 saturated carbocycles. The van der Waals surface area contributed by atoms with E-state index in [0.717, 1.165) is 22.4 Å². The molecule has 0 saturated heterocycles. The van der Waals surface area contributed by atoms with E-state index in [-0.39, 0.29) is 5.97 Å². The SMILES string of the molecule is COC(=O)CCc1cc(C)c(OC)c(C)c1. The number of methoxy groups -OCH3 is 2. The summed E-state index contributed by atoms with van der Waals surface area (Å²) in [5.41, 5.74) is 3.34. The molecule has 0 spiro atoms. The molecule has 1 aromatic rings. The molecule has 3 nitrogen and oxygen atoms in total. The smallest absolute Gasteiger partial charge is 0.305 e. The van der Waals surface area contributed by atoms with E-state index in [9.17, 15) is 4.79 Å². The van der Waals surface area contributed by atoms with Crippen molar-refractivity contribution >= 4 is 5.97 Å². The van der Waals surface area contributed by atoms with Crippen LogP contribution in [0, 0.1) is 13.8 Å². The summed E-state index contributed by atoms with van der Waals surface area (Å²) in [6, 6.07) is 4.10. The van der Waals surface area contributed by atoms with Crippen molar-refractivity contribution in [2.75, 3.05) is 14.2 Å². The molecule has 0 unspecified atom stereocenters. The van der Waals surface area contributed by atoms with Crippen molar-refractivity contribution in [1.82, 2.24) is 0 Å². The molecule has 0 heterocycles. The van der Waals surface area contributed by atoms with E-state index in [1.807, 2.05) is 13.8 Å². The second-order valence-electron chi connectivity index (χ2n) is 3.84. The van der Waals surface area contributed by atoms with Crippen LogP contribution in [0.5, 0.6) is 5.75 Å². The minimum absolute atomic E-state index is 0.175. The van der Waals surface area contributed by atoms with E-state index in [1.54, 1.807) is 7.11 Å². The fourth-order valence-electron chi connectivity index (χ4n) is 1.85. The van der Waals surface area contributed by atoms with Gasteiger partial charge in [-0.05, 0) is 37.0 Å². The lowest BCUT2D eigenvalue weighted by Crippen LogP contribution is -2.02. The molecule has 1 rings (SSSR count). The lowest BCUT2D eigenvalue weighted by molar-refractivity contribution is -0.140. The summed E-state index contributed by atoms with van der Waals surface area (Å²) in [6.07, 6.45) is 1.13. The highest BCUT2D eigenvalue weighted by Crippen LogP contribution is 2.24. The van der Waals surface area contributed by atoms with Gasteiger partial charge in [-0.1, -0.05) is 12.1 Å². The highest BCUT2D eigenvalue weighted by atomic mass is 16.5. The van der Waals surface area contributed by atoms with Crippen LogP contribution in [0.15, 0.2) is 12.1 Å². The van der Waals surface area contributed by atoms with Crippen LogP contribution >= 0.6 is 0 Å². The van der Waals surface area contributed by atoms with Crippen molar-refractivity contribution < 1.29 is 14.3 Å². The van der Waals surface area contributed by atoms with Gasteiger partial charge in [0.15, 0.2) is 0 Å². The van der Waals surface area contributed by atoms with E-state index in [0.29, 0.717) is 12.8 Å². The molecular weight excluding hydrogens is 204 g/mol. The van der Waals surface area contributed by atoms with Gasteiger partial charge in [-0.2, -0.15) is 0 Å². The molecule has 0 aliphatic heterocycles. The number of esters is 1. The number of carbonyl (C=O) groups is 1. The molecule has 0 bridgehead atoms. The van der Waals surface area contributed by atoms with Crippen molar-refractivity contribution in [3.8, 4) is 5.75 Å². The average molecular weight is 222 g/mol. The molecule has 0 atom stereocenters. The number of ether oxygens (including phenoxy) is 2. The van der Waals surface area contributed by atoms with Gasteiger partial charge in [-0.15, -0.1) is 0 Å². The molecule has 0 aliphatic carbocycles. The topological polar surface area (TPSA) is 35.5 Å². The zero-order valence-electron chi connectivity index (χ0n) is 10.3. The first-order chi connectivity index (χ1) is 7.58. The normalized spacial score (nSPS) is 10.0. The second kappa shape index (κ2) is 5.54. The monoisotopic (exact) mass is 222 g/mol. The minimum Gasteiger partial charge on any atom is -0.496 e. The van der Waals surface area contributed by atoms with E-state index in [4.69, 9.17) is 4.74 Å².